The Morgan fingerprint density at radius 1 is 0.949 bits per heavy atom. The maximum absolute atomic E-state index is 13.5. The molecule has 0 saturated carbocycles. The summed E-state index contributed by atoms with van der Waals surface area (Å²) in [6.45, 7) is 3.23. The number of hydrogen-bond donors (Lipinski definition) is 4. The van der Waals surface area contributed by atoms with Crippen LogP contribution in [0.3, 0.4) is 0 Å². The average Bonchev–Trinajstić information content (AvgIpc) is 2.92. The second-order valence-corrected chi connectivity index (χ2v) is 11.5. The van der Waals surface area contributed by atoms with Crippen molar-refractivity contribution in [2.45, 2.75) is 56.2 Å². The highest BCUT2D eigenvalue weighted by atomic mass is 32.2. The summed E-state index contributed by atoms with van der Waals surface area (Å²) in [5.41, 5.74) is 1.54. The number of aryl methyl sites for hydroxylation is 1. The first-order valence-corrected chi connectivity index (χ1v) is 14.1. The molecule has 210 valence electrons. The highest BCUT2D eigenvalue weighted by molar-refractivity contribution is 7.89. The first kappa shape index (κ1) is 29.9. The standard InChI is InChI=1S/C29H36N2O7S/c1-20(2)31(39(36,37)24-13-11-23(38-3)12-14-24)19-28(34)25(17-21-7-5-4-6-8-21)30-29(35)16-10-22-9-15-26(32)27(33)18-22/h4-9,11-15,18,20,25,28,32-34H,10,16-17,19H2,1-3H3,(H,30,35)/t25-,28+/m0/s1. The van der Waals surface area contributed by atoms with Gasteiger partial charge in [0.2, 0.25) is 15.9 Å². The van der Waals surface area contributed by atoms with Gasteiger partial charge < -0.3 is 25.4 Å². The van der Waals surface area contributed by atoms with Gasteiger partial charge in [-0.15, -0.1) is 0 Å². The van der Waals surface area contributed by atoms with E-state index in [1.807, 2.05) is 30.3 Å². The zero-order valence-electron chi connectivity index (χ0n) is 22.3. The van der Waals surface area contributed by atoms with E-state index in [1.54, 1.807) is 32.0 Å². The molecule has 0 aromatic heterocycles. The van der Waals surface area contributed by atoms with E-state index >= 15 is 0 Å². The van der Waals surface area contributed by atoms with Gasteiger partial charge in [0.25, 0.3) is 0 Å². The quantitative estimate of drug-likeness (QED) is 0.237. The van der Waals surface area contributed by atoms with E-state index in [1.165, 1.54) is 35.7 Å². The number of carbonyl (C=O) groups is 1. The van der Waals surface area contributed by atoms with Crippen LogP contribution in [-0.2, 0) is 27.7 Å². The molecule has 3 rings (SSSR count). The van der Waals surface area contributed by atoms with Crippen molar-refractivity contribution < 1.29 is 33.3 Å². The lowest BCUT2D eigenvalue weighted by Crippen LogP contribution is -2.52. The fourth-order valence-electron chi connectivity index (χ4n) is 4.19. The summed E-state index contributed by atoms with van der Waals surface area (Å²) in [7, 11) is -2.45. The molecule has 0 unspecified atom stereocenters. The fourth-order valence-corrected chi connectivity index (χ4v) is 5.85. The van der Waals surface area contributed by atoms with E-state index in [4.69, 9.17) is 4.74 Å². The lowest BCUT2D eigenvalue weighted by Gasteiger charge is -2.32. The van der Waals surface area contributed by atoms with Crippen LogP contribution in [0.25, 0.3) is 0 Å². The Labute approximate surface area is 229 Å². The topological polar surface area (TPSA) is 136 Å². The Morgan fingerprint density at radius 2 is 1.62 bits per heavy atom. The van der Waals surface area contributed by atoms with Gasteiger partial charge in [-0.3, -0.25) is 4.79 Å². The van der Waals surface area contributed by atoms with Crippen LogP contribution in [-0.4, -0.2) is 65.8 Å². The largest absolute Gasteiger partial charge is 0.504 e. The molecule has 3 aromatic carbocycles. The number of phenols is 2. The van der Waals surface area contributed by atoms with E-state index in [-0.39, 0.29) is 35.3 Å². The first-order chi connectivity index (χ1) is 18.5. The maximum Gasteiger partial charge on any atom is 0.243 e. The van der Waals surface area contributed by atoms with Crippen LogP contribution in [0.1, 0.15) is 31.4 Å². The highest BCUT2D eigenvalue weighted by Gasteiger charge is 2.32. The third-order valence-electron chi connectivity index (χ3n) is 6.40. The van der Waals surface area contributed by atoms with Gasteiger partial charge in [-0.2, -0.15) is 4.31 Å². The summed E-state index contributed by atoms with van der Waals surface area (Å²) in [4.78, 5) is 13.0. The number of nitrogens with zero attached hydrogens (tertiary/aromatic N) is 1. The van der Waals surface area contributed by atoms with Gasteiger partial charge in [0.15, 0.2) is 11.5 Å². The highest BCUT2D eigenvalue weighted by Crippen LogP contribution is 2.26. The molecule has 9 nitrogen and oxygen atoms in total. The van der Waals surface area contributed by atoms with Crippen molar-refractivity contribution in [3.8, 4) is 17.2 Å². The SMILES string of the molecule is COc1ccc(S(=O)(=O)N(C[C@@H](O)[C@H](Cc2ccccc2)NC(=O)CCc2ccc(O)c(O)c2)C(C)C)cc1. The van der Waals surface area contributed by atoms with E-state index in [0.717, 1.165) is 5.56 Å². The second kappa shape index (κ2) is 13.5. The minimum Gasteiger partial charge on any atom is -0.504 e. The zero-order chi connectivity index (χ0) is 28.6. The van der Waals surface area contributed by atoms with E-state index < -0.39 is 28.2 Å². The normalized spacial score (nSPS) is 13.3. The molecule has 0 spiro atoms. The van der Waals surface area contributed by atoms with Gasteiger partial charge in [0.05, 0.1) is 24.2 Å². The number of methoxy groups -OCH3 is 1. The lowest BCUT2D eigenvalue weighted by atomic mass is 10.00. The smallest absolute Gasteiger partial charge is 0.243 e. The van der Waals surface area contributed by atoms with Gasteiger partial charge in [-0.05, 0) is 74.2 Å². The number of aliphatic hydroxyl groups excluding tert-OH is 1. The van der Waals surface area contributed by atoms with Gasteiger partial charge in [0.1, 0.15) is 5.75 Å². The summed E-state index contributed by atoms with van der Waals surface area (Å²) < 4.78 is 33.3. The van der Waals surface area contributed by atoms with Gasteiger partial charge in [-0.1, -0.05) is 36.4 Å². The van der Waals surface area contributed by atoms with Crippen LogP contribution in [0.15, 0.2) is 77.7 Å². The summed E-state index contributed by atoms with van der Waals surface area (Å²) in [6, 6.07) is 18.5. The summed E-state index contributed by atoms with van der Waals surface area (Å²) >= 11 is 0. The Hall–Kier alpha value is -3.60. The molecule has 0 aliphatic heterocycles. The predicted molar refractivity (Wildman–Crippen MR) is 148 cm³/mol. The van der Waals surface area contributed by atoms with Crippen molar-refractivity contribution in [3.63, 3.8) is 0 Å². The number of sulfonamides is 1. The van der Waals surface area contributed by atoms with Crippen LogP contribution in [0.4, 0.5) is 0 Å². The predicted octanol–water partition coefficient (Wildman–Crippen LogP) is 3.23. The van der Waals surface area contributed by atoms with Gasteiger partial charge in [-0.25, -0.2) is 8.42 Å². The molecule has 2 atom stereocenters. The van der Waals surface area contributed by atoms with Crippen LogP contribution in [0, 0.1) is 0 Å². The van der Waals surface area contributed by atoms with E-state index in [2.05, 4.69) is 5.32 Å². The molecule has 3 aromatic rings. The number of aliphatic hydroxyl groups is 1. The Kier molecular flexibility index (Phi) is 10.3. The summed E-state index contributed by atoms with van der Waals surface area (Å²) in [5.74, 6) is -0.319. The number of carbonyl (C=O) groups excluding carboxylic acids is 1. The number of ether oxygens (including phenoxy) is 1. The molecular formula is C29H36N2O7S. The van der Waals surface area contributed by atoms with Crippen LogP contribution < -0.4 is 10.1 Å². The number of amides is 1. The van der Waals surface area contributed by atoms with Crippen LogP contribution in [0.2, 0.25) is 0 Å². The number of rotatable bonds is 13. The number of benzene rings is 3. The first-order valence-electron chi connectivity index (χ1n) is 12.7. The maximum atomic E-state index is 13.5. The van der Waals surface area contributed by atoms with Gasteiger partial charge in [0, 0.05) is 19.0 Å². The second-order valence-electron chi connectivity index (χ2n) is 9.60. The fraction of sp³-hybridized carbons (Fsp3) is 0.345. The number of phenolic OH excluding ortho intramolecular Hbond substituents is 2. The molecule has 39 heavy (non-hydrogen) atoms. The Morgan fingerprint density at radius 3 is 2.21 bits per heavy atom. The van der Waals surface area contributed by atoms with Crippen LogP contribution in [0.5, 0.6) is 17.2 Å². The molecule has 0 aliphatic carbocycles. The van der Waals surface area contributed by atoms with E-state index in [0.29, 0.717) is 24.2 Å². The molecule has 1 amide bonds. The number of hydrogen-bond acceptors (Lipinski definition) is 7. The van der Waals surface area contributed by atoms with Crippen molar-refractivity contribution in [2.24, 2.45) is 0 Å². The molecule has 4 N–H and O–H groups in total. The third-order valence-corrected chi connectivity index (χ3v) is 8.45. The molecule has 0 radical (unpaired) electrons. The van der Waals surface area contributed by atoms with Crippen molar-refractivity contribution in [1.29, 1.82) is 0 Å². The summed E-state index contributed by atoms with van der Waals surface area (Å²) in [5, 5.41) is 33.4. The molecule has 0 fully saturated rings. The molecule has 0 bridgehead atoms. The number of nitrogens with one attached hydrogen (secondary N) is 1. The molecular weight excluding hydrogens is 520 g/mol. The Balaban J connectivity index is 1.77. The molecule has 0 heterocycles. The van der Waals surface area contributed by atoms with E-state index in [9.17, 15) is 28.5 Å². The van der Waals surface area contributed by atoms with Crippen molar-refractivity contribution in [3.05, 3.63) is 83.9 Å². The average molecular weight is 557 g/mol. The molecule has 0 aliphatic rings. The van der Waals surface area contributed by atoms with Crippen molar-refractivity contribution in [2.75, 3.05) is 13.7 Å². The van der Waals surface area contributed by atoms with Crippen molar-refractivity contribution >= 4 is 15.9 Å². The molecule has 10 heteroatoms. The summed E-state index contributed by atoms with van der Waals surface area (Å²) in [6.07, 6.45) is -0.539. The lowest BCUT2D eigenvalue weighted by molar-refractivity contribution is -0.122. The minimum atomic E-state index is -3.95. The van der Waals surface area contributed by atoms with Crippen molar-refractivity contribution in [1.82, 2.24) is 9.62 Å². The van der Waals surface area contributed by atoms with Crippen LogP contribution >= 0.6 is 0 Å². The minimum absolute atomic E-state index is 0.0697. The molecule has 0 saturated heterocycles. The third kappa shape index (κ3) is 8.19. The zero-order valence-corrected chi connectivity index (χ0v) is 23.1. The van der Waals surface area contributed by atoms with Gasteiger partial charge >= 0.3 is 0 Å². The number of aromatic hydroxyl groups is 2. The Bertz CT molecular complexity index is 1330. The monoisotopic (exact) mass is 556 g/mol.